The van der Waals surface area contributed by atoms with Gasteiger partial charge in [-0.25, -0.2) is 9.37 Å². The van der Waals surface area contributed by atoms with Gasteiger partial charge in [-0.1, -0.05) is 15.9 Å². The van der Waals surface area contributed by atoms with Crippen molar-refractivity contribution in [1.29, 1.82) is 0 Å². The zero-order valence-electron chi connectivity index (χ0n) is 8.20. The molecule has 1 aliphatic rings. The van der Waals surface area contributed by atoms with Crippen LogP contribution in [0.3, 0.4) is 0 Å². The lowest BCUT2D eigenvalue weighted by atomic mass is 10.2. The predicted octanol–water partition coefficient (Wildman–Crippen LogP) is 1.82. The van der Waals surface area contributed by atoms with Crippen molar-refractivity contribution in [3.63, 3.8) is 0 Å². The van der Waals surface area contributed by atoms with E-state index in [1.54, 1.807) is 6.07 Å². The standard InChI is InChI=1S/C10H12BrFN2O/c11-5-9-7-15-4-3-14(9)10-2-1-8(12)6-13-10/h1-2,6,9H,3-5,7H2. The molecule has 5 heteroatoms. The summed E-state index contributed by atoms with van der Waals surface area (Å²) in [5.41, 5.74) is 0. The fraction of sp³-hybridized carbons (Fsp3) is 0.500. The van der Waals surface area contributed by atoms with Crippen molar-refractivity contribution in [3.8, 4) is 0 Å². The van der Waals surface area contributed by atoms with Gasteiger partial charge in [-0.3, -0.25) is 0 Å². The van der Waals surface area contributed by atoms with E-state index in [4.69, 9.17) is 4.74 Å². The molecule has 1 unspecified atom stereocenters. The molecule has 0 bridgehead atoms. The summed E-state index contributed by atoms with van der Waals surface area (Å²) in [5.74, 6) is 0.506. The van der Waals surface area contributed by atoms with Crippen LogP contribution in [-0.2, 0) is 4.74 Å². The molecule has 0 amide bonds. The Balaban J connectivity index is 2.16. The Kier molecular flexibility index (Phi) is 3.53. The van der Waals surface area contributed by atoms with Crippen molar-refractivity contribution in [1.82, 2.24) is 4.98 Å². The number of hydrogen-bond acceptors (Lipinski definition) is 3. The SMILES string of the molecule is Fc1ccc(N2CCOCC2CBr)nc1. The minimum atomic E-state index is -0.303. The lowest BCUT2D eigenvalue weighted by Gasteiger charge is -2.35. The van der Waals surface area contributed by atoms with E-state index in [1.807, 2.05) is 0 Å². The Morgan fingerprint density at radius 1 is 1.60 bits per heavy atom. The highest BCUT2D eigenvalue weighted by molar-refractivity contribution is 9.09. The van der Waals surface area contributed by atoms with Crippen molar-refractivity contribution in [3.05, 3.63) is 24.1 Å². The zero-order valence-corrected chi connectivity index (χ0v) is 9.78. The Morgan fingerprint density at radius 2 is 2.47 bits per heavy atom. The van der Waals surface area contributed by atoms with Crippen LogP contribution in [0.25, 0.3) is 0 Å². The van der Waals surface area contributed by atoms with Gasteiger partial charge in [0.2, 0.25) is 0 Å². The number of halogens is 2. The monoisotopic (exact) mass is 274 g/mol. The fourth-order valence-electron chi connectivity index (χ4n) is 1.62. The lowest BCUT2D eigenvalue weighted by molar-refractivity contribution is 0.1000. The predicted molar refractivity (Wildman–Crippen MR) is 59.9 cm³/mol. The summed E-state index contributed by atoms with van der Waals surface area (Å²) in [4.78, 5) is 6.21. The molecule has 1 aromatic heterocycles. The summed E-state index contributed by atoms with van der Waals surface area (Å²) in [6, 6.07) is 3.41. The first kappa shape index (κ1) is 10.8. The van der Waals surface area contributed by atoms with Gasteiger partial charge in [-0.05, 0) is 12.1 Å². The van der Waals surface area contributed by atoms with Crippen LogP contribution in [0.4, 0.5) is 10.2 Å². The number of rotatable bonds is 2. The zero-order chi connectivity index (χ0) is 10.7. The van der Waals surface area contributed by atoms with E-state index in [0.29, 0.717) is 13.2 Å². The van der Waals surface area contributed by atoms with Crippen LogP contribution in [0.1, 0.15) is 0 Å². The molecule has 1 atom stereocenters. The van der Waals surface area contributed by atoms with E-state index >= 15 is 0 Å². The molecule has 1 fully saturated rings. The van der Waals surface area contributed by atoms with Crippen molar-refractivity contribution in [2.45, 2.75) is 6.04 Å². The van der Waals surface area contributed by atoms with Gasteiger partial charge in [0.05, 0.1) is 25.5 Å². The normalized spacial score (nSPS) is 21.7. The first-order valence-electron chi connectivity index (χ1n) is 4.83. The van der Waals surface area contributed by atoms with Crippen LogP contribution in [0.15, 0.2) is 18.3 Å². The Labute approximate surface area is 96.4 Å². The summed E-state index contributed by atoms with van der Waals surface area (Å²) in [7, 11) is 0. The number of nitrogens with zero attached hydrogens (tertiary/aromatic N) is 2. The smallest absolute Gasteiger partial charge is 0.141 e. The number of aromatic nitrogens is 1. The average molecular weight is 275 g/mol. The van der Waals surface area contributed by atoms with Gasteiger partial charge in [0.15, 0.2) is 0 Å². The number of pyridine rings is 1. The maximum absolute atomic E-state index is 12.7. The van der Waals surface area contributed by atoms with Crippen LogP contribution >= 0.6 is 15.9 Å². The number of morpholine rings is 1. The van der Waals surface area contributed by atoms with Gasteiger partial charge in [0.25, 0.3) is 0 Å². The topological polar surface area (TPSA) is 25.4 Å². The Hall–Kier alpha value is -0.680. The van der Waals surface area contributed by atoms with E-state index in [9.17, 15) is 4.39 Å². The second kappa shape index (κ2) is 4.90. The third-order valence-electron chi connectivity index (χ3n) is 2.41. The van der Waals surface area contributed by atoms with Gasteiger partial charge in [-0.15, -0.1) is 0 Å². The maximum atomic E-state index is 12.7. The molecule has 1 saturated heterocycles. The second-order valence-corrected chi connectivity index (χ2v) is 4.06. The van der Waals surface area contributed by atoms with Crippen LogP contribution in [0, 0.1) is 5.82 Å². The Bertz CT molecular complexity index is 320. The molecule has 0 saturated carbocycles. The molecule has 0 spiro atoms. The summed E-state index contributed by atoms with van der Waals surface area (Å²) in [5, 5.41) is 0.825. The van der Waals surface area contributed by atoms with Crippen molar-refractivity contribution < 1.29 is 9.13 Å². The van der Waals surface area contributed by atoms with E-state index in [0.717, 1.165) is 17.7 Å². The molecule has 82 valence electrons. The molecule has 1 aliphatic heterocycles. The maximum Gasteiger partial charge on any atom is 0.141 e. The van der Waals surface area contributed by atoms with E-state index in [-0.39, 0.29) is 11.9 Å². The molecule has 2 heterocycles. The van der Waals surface area contributed by atoms with Crippen molar-refractivity contribution in [2.24, 2.45) is 0 Å². The molecular formula is C10H12BrFN2O. The largest absolute Gasteiger partial charge is 0.377 e. The van der Waals surface area contributed by atoms with Gasteiger partial charge >= 0.3 is 0 Å². The molecule has 15 heavy (non-hydrogen) atoms. The van der Waals surface area contributed by atoms with Gasteiger partial charge in [0.1, 0.15) is 11.6 Å². The molecular weight excluding hydrogens is 263 g/mol. The van der Waals surface area contributed by atoms with E-state index < -0.39 is 0 Å². The van der Waals surface area contributed by atoms with Crippen LogP contribution in [-0.4, -0.2) is 36.1 Å². The molecule has 2 rings (SSSR count). The quantitative estimate of drug-likeness (QED) is 0.770. The first-order chi connectivity index (χ1) is 7.31. The highest BCUT2D eigenvalue weighted by Crippen LogP contribution is 2.18. The third-order valence-corrected chi connectivity index (χ3v) is 3.16. The number of hydrogen-bond donors (Lipinski definition) is 0. The van der Waals surface area contributed by atoms with Gasteiger partial charge in [-0.2, -0.15) is 0 Å². The molecule has 0 N–H and O–H groups in total. The summed E-state index contributed by atoms with van der Waals surface area (Å²) in [6.45, 7) is 2.18. The molecule has 0 aliphatic carbocycles. The first-order valence-corrected chi connectivity index (χ1v) is 5.95. The van der Waals surface area contributed by atoms with E-state index in [1.165, 1.54) is 12.3 Å². The number of alkyl halides is 1. The molecule has 0 aromatic carbocycles. The van der Waals surface area contributed by atoms with Crippen LogP contribution in [0.2, 0.25) is 0 Å². The minimum absolute atomic E-state index is 0.275. The van der Waals surface area contributed by atoms with Gasteiger partial charge < -0.3 is 9.64 Å². The highest BCUT2D eigenvalue weighted by atomic mass is 79.9. The Morgan fingerprint density at radius 3 is 3.13 bits per heavy atom. The highest BCUT2D eigenvalue weighted by Gasteiger charge is 2.22. The summed E-state index contributed by atoms with van der Waals surface area (Å²) in [6.07, 6.45) is 1.25. The fourth-order valence-corrected chi connectivity index (χ4v) is 2.16. The van der Waals surface area contributed by atoms with Crippen LogP contribution in [0.5, 0.6) is 0 Å². The van der Waals surface area contributed by atoms with E-state index in [2.05, 4.69) is 25.8 Å². The molecule has 3 nitrogen and oxygen atoms in total. The summed E-state index contributed by atoms with van der Waals surface area (Å²) < 4.78 is 18.1. The number of anilines is 1. The van der Waals surface area contributed by atoms with Crippen LogP contribution < -0.4 is 4.90 Å². The lowest BCUT2D eigenvalue weighted by Crippen LogP contribution is -2.47. The minimum Gasteiger partial charge on any atom is -0.377 e. The average Bonchev–Trinajstić information content (AvgIpc) is 2.30. The van der Waals surface area contributed by atoms with Crippen molar-refractivity contribution >= 4 is 21.7 Å². The summed E-state index contributed by atoms with van der Waals surface area (Å²) >= 11 is 3.44. The molecule has 0 radical (unpaired) electrons. The third kappa shape index (κ3) is 2.46. The second-order valence-electron chi connectivity index (χ2n) is 3.41. The van der Waals surface area contributed by atoms with Gasteiger partial charge in [0, 0.05) is 11.9 Å². The molecule has 1 aromatic rings. The van der Waals surface area contributed by atoms with Crippen molar-refractivity contribution in [2.75, 3.05) is 30.0 Å². The number of ether oxygens (including phenoxy) is 1.